The highest BCUT2D eigenvalue weighted by Crippen LogP contribution is 2.21. The molecular weight excluding hydrogens is 168 g/mol. The van der Waals surface area contributed by atoms with Gasteiger partial charge in [0.05, 0.1) is 0 Å². The zero-order chi connectivity index (χ0) is 10.7. The number of aryl methyl sites for hydroxylation is 2. The zero-order valence-corrected chi connectivity index (χ0v) is 9.94. The smallest absolute Gasteiger partial charge is 0.0223 e. The standard InChI is InChI=1S/C14H20/c1-6-13-7-11(4)8-14(9-13)12(5)10(2)3/h7-9H,6H2,1-5H3. The van der Waals surface area contributed by atoms with Crippen LogP contribution in [0, 0.1) is 6.92 Å². The molecule has 0 aromatic heterocycles. The number of allylic oxidation sites excluding steroid dienone is 2. The topological polar surface area (TPSA) is 0 Å². The van der Waals surface area contributed by atoms with Gasteiger partial charge < -0.3 is 0 Å². The molecule has 0 N–H and O–H groups in total. The maximum Gasteiger partial charge on any atom is -0.0223 e. The highest BCUT2D eigenvalue weighted by Gasteiger charge is 2.00. The quantitative estimate of drug-likeness (QED) is 0.646. The molecule has 0 saturated heterocycles. The fourth-order valence-corrected chi connectivity index (χ4v) is 1.57. The van der Waals surface area contributed by atoms with Gasteiger partial charge in [-0.15, -0.1) is 0 Å². The summed E-state index contributed by atoms with van der Waals surface area (Å²) in [6, 6.07) is 6.83. The van der Waals surface area contributed by atoms with Crippen molar-refractivity contribution in [2.75, 3.05) is 0 Å². The first kappa shape index (κ1) is 11.0. The van der Waals surface area contributed by atoms with E-state index in [1.165, 1.54) is 27.8 Å². The fraction of sp³-hybridized carbons (Fsp3) is 0.429. The predicted octanol–water partition coefficient (Wildman–Crippen LogP) is 4.37. The first-order valence-corrected chi connectivity index (χ1v) is 5.29. The molecule has 0 fully saturated rings. The molecule has 0 heterocycles. The van der Waals surface area contributed by atoms with Gasteiger partial charge in [-0.2, -0.15) is 0 Å². The van der Waals surface area contributed by atoms with Gasteiger partial charge >= 0.3 is 0 Å². The van der Waals surface area contributed by atoms with Crippen molar-refractivity contribution in [2.24, 2.45) is 0 Å². The highest BCUT2D eigenvalue weighted by molar-refractivity contribution is 5.67. The van der Waals surface area contributed by atoms with Crippen molar-refractivity contribution in [3.63, 3.8) is 0 Å². The lowest BCUT2D eigenvalue weighted by Gasteiger charge is -2.08. The molecule has 0 aliphatic carbocycles. The summed E-state index contributed by atoms with van der Waals surface area (Å²) in [5, 5.41) is 0. The van der Waals surface area contributed by atoms with Crippen LogP contribution < -0.4 is 0 Å². The largest absolute Gasteiger partial charge is 0.0729 e. The first-order chi connectivity index (χ1) is 6.54. The molecule has 0 aliphatic rings. The van der Waals surface area contributed by atoms with E-state index in [1.807, 2.05) is 0 Å². The van der Waals surface area contributed by atoms with Gasteiger partial charge in [-0.3, -0.25) is 0 Å². The molecular formula is C14H20. The second-order valence-electron chi connectivity index (χ2n) is 4.19. The average Bonchev–Trinajstić information content (AvgIpc) is 2.15. The molecule has 0 saturated carbocycles. The summed E-state index contributed by atoms with van der Waals surface area (Å²) < 4.78 is 0. The van der Waals surface area contributed by atoms with Gasteiger partial charge in [0.25, 0.3) is 0 Å². The van der Waals surface area contributed by atoms with Crippen molar-refractivity contribution in [3.05, 3.63) is 40.5 Å². The molecule has 0 nitrogen and oxygen atoms in total. The van der Waals surface area contributed by atoms with E-state index in [1.54, 1.807) is 0 Å². The lowest BCUT2D eigenvalue weighted by Crippen LogP contribution is -1.88. The molecule has 1 rings (SSSR count). The van der Waals surface area contributed by atoms with E-state index in [0.29, 0.717) is 0 Å². The van der Waals surface area contributed by atoms with Gasteiger partial charge in [0, 0.05) is 0 Å². The van der Waals surface area contributed by atoms with Gasteiger partial charge in [0.2, 0.25) is 0 Å². The van der Waals surface area contributed by atoms with Crippen LogP contribution in [-0.4, -0.2) is 0 Å². The molecule has 0 bridgehead atoms. The van der Waals surface area contributed by atoms with Crippen LogP contribution in [0.2, 0.25) is 0 Å². The van der Waals surface area contributed by atoms with Crippen molar-refractivity contribution in [2.45, 2.75) is 41.0 Å². The molecule has 0 radical (unpaired) electrons. The third-order valence-electron chi connectivity index (χ3n) is 2.73. The molecule has 0 spiro atoms. The second kappa shape index (κ2) is 4.45. The molecule has 0 amide bonds. The Hall–Kier alpha value is -1.04. The van der Waals surface area contributed by atoms with E-state index < -0.39 is 0 Å². The molecule has 76 valence electrons. The summed E-state index contributed by atoms with van der Waals surface area (Å²) in [5.41, 5.74) is 6.98. The number of hydrogen-bond donors (Lipinski definition) is 0. The molecule has 0 unspecified atom stereocenters. The Bertz CT molecular complexity index is 352. The van der Waals surface area contributed by atoms with Crippen molar-refractivity contribution in [1.29, 1.82) is 0 Å². The van der Waals surface area contributed by atoms with Gasteiger partial charge in [0.15, 0.2) is 0 Å². The summed E-state index contributed by atoms with van der Waals surface area (Å²) in [5.74, 6) is 0. The van der Waals surface area contributed by atoms with Crippen LogP contribution in [0.3, 0.4) is 0 Å². The summed E-state index contributed by atoms with van der Waals surface area (Å²) >= 11 is 0. The third kappa shape index (κ3) is 2.47. The van der Waals surface area contributed by atoms with Crippen LogP contribution in [0.15, 0.2) is 23.8 Å². The molecule has 0 aliphatic heterocycles. The number of benzene rings is 1. The average molecular weight is 188 g/mol. The van der Waals surface area contributed by atoms with E-state index in [-0.39, 0.29) is 0 Å². The van der Waals surface area contributed by atoms with Crippen molar-refractivity contribution in [3.8, 4) is 0 Å². The summed E-state index contributed by atoms with van der Waals surface area (Å²) in [7, 11) is 0. The Morgan fingerprint density at radius 3 is 2.21 bits per heavy atom. The summed E-state index contributed by atoms with van der Waals surface area (Å²) in [6.07, 6.45) is 1.12. The summed E-state index contributed by atoms with van der Waals surface area (Å²) in [4.78, 5) is 0. The van der Waals surface area contributed by atoms with Crippen LogP contribution in [0.5, 0.6) is 0 Å². The monoisotopic (exact) mass is 188 g/mol. The van der Waals surface area contributed by atoms with Gasteiger partial charge in [-0.1, -0.05) is 36.3 Å². The zero-order valence-electron chi connectivity index (χ0n) is 9.94. The lowest BCUT2D eigenvalue weighted by molar-refractivity contribution is 1.13. The maximum atomic E-state index is 2.30. The molecule has 0 heteroatoms. The minimum absolute atomic E-state index is 1.12. The van der Waals surface area contributed by atoms with E-state index in [4.69, 9.17) is 0 Å². The molecule has 1 aromatic carbocycles. The van der Waals surface area contributed by atoms with E-state index in [9.17, 15) is 0 Å². The summed E-state index contributed by atoms with van der Waals surface area (Å²) in [6.45, 7) is 10.9. The van der Waals surface area contributed by atoms with Gasteiger partial charge in [0.1, 0.15) is 0 Å². The van der Waals surface area contributed by atoms with Crippen molar-refractivity contribution in [1.82, 2.24) is 0 Å². The van der Waals surface area contributed by atoms with Crippen LogP contribution in [-0.2, 0) is 6.42 Å². The number of rotatable bonds is 2. The van der Waals surface area contributed by atoms with E-state index >= 15 is 0 Å². The highest BCUT2D eigenvalue weighted by atomic mass is 14.1. The Balaban J connectivity index is 3.23. The molecule has 14 heavy (non-hydrogen) atoms. The van der Waals surface area contributed by atoms with Gasteiger partial charge in [-0.25, -0.2) is 0 Å². The normalized spacial score (nSPS) is 10.1. The second-order valence-corrected chi connectivity index (χ2v) is 4.19. The Morgan fingerprint density at radius 2 is 1.71 bits per heavy atom. The van der Waals surface area contributed by atoms with Crippen molar-refractivity contribution < 1.29 is 0 Å². The maximum absolute atomic E-state index is 2.30. The van der Waals surface area contributed by atoms with Crippen LogP contribution in [0.25, 0.3) is 5.57 Å². The predicted molar refractivity (Wildman–Crippen MR) is 64.5 cm³/mol. The van der Waals surface area contributed by atoms with Crippen LogP contribution in [0.4, 0.5) is 0 Å². The van der Waals surface area contributed by atoms with Crippen LogP contribution >= 0.6 is 0 Å². The third-order valence-corrected chi connectivity index (χ3v) is 2.73. The van der Waals surface area contributed by atoms with E-state index in [0.717, 1.165) is 6.42 Å². The first-order valence-electron chi connectivity index (χ1n) is 5.29. The van der Waals surface area contributed by atoms with E-state index in [2.05, 4.69) is 52.8 Å². The Morgan fingerprint density at radius 1 is 1.07 bits per heavy atom. The molecule has 0 atom stereocenters. The van der Waals surface area contributed by atoms with Crippen molar-refractivity contribution >= 4 is 5.57 Å². The molecule has 1 aromatic rings. The Labute approximate surface area is 87.7 Å². The fourth-order valence-electron chi connectivity index (χ4n) is 1.57. The van der Waals surface area contributed by atoms with Crippen LogP contribution in [0.1, 0.15) is 44.4 Å². The minimum atomic E-state index is 1.12. The lowest BCUT2D eigenvalue weighted by atomic mass is 9.98. The minimum Gasteiger partial charge on any atom is -0.0729 e. The Kier molecular flexibility index (Phi) is 3.51. The SMILES string of the molecule is CCc1cc(C)cc(C(C)=C(C)C)c1. The van der Waals surface area contributed by atoms with Gasteiger partial charge in [-0.05, 0) is 50.8 Å². The number of hydrogen-bond acceptors (Lipinski definition) is 0.